The molecule has 1 unspecified atom stereocenters. The summed E-state index contributed by atoms with van der Waals surface area (Å²) in [6, 6.07) is 2.99. The monoisotopic (exact) mass is 235 g/mol. The molecular weight excluding hydrogens is 222 g/mol. The predicted octanol–water partition coefficient (Wildman–Crippen LogP) is 2.98. The zero-order chi connectivity index (χ0) is 12.3. The molecule has 0 saturated heterocycles. The second-order valence-electron chi connectivity index (χ2n) is 3.86. The maximum Gasteiger partial charge on any atom is 0.419 e. The molecule has 0 radical (unpaired) electrons. The van der Waals surface area contributed by atoms with Gasteiger partial charge in [-0.1, -0.05) is 13.0 Å². The van der Waals surface area contributed by atoms with Crippen LogP contribution in [0.25, 0.3) is 0 Å². The van der Waals surface area contributed by atoms with Gasteiger partial charge >= 0.3 is 6.18 Å². The molecule has 0 aliphatic heterocycles. The van der Waals surface area contributed by atoms with Crippen molar-refractivity contribution in [3.63, 3.8) is 0 Å². The molecule has 90 valence electrons. The van der Waals surface area contributed by atoms with Crippen molar-refractivity contribution in [3.05, 3.63) is 35.1 Å². The van der Waals surface area contributed by atoms with Crippen LogP contribution >= 0.6 is 0 Å². The van der Waals surface area contributed by atoms with Crippen LogP contribution in [0.3, 0.4) is 0 Å². The van der Waals surface area contributed by atoms with E-state index in [1.165, 1.54) is 6.07 Å². The highest BCUT2D eigenvalue weighted by molar-refractivity contribution is 5.26. The second kappa shape index (κ2) is 4.82. The lowest BCUT2D eigenvalue weighted by molar-refractivity contribution is -0.140. The van der Waals surface area contributed by atoms with E-state index in [2.05, 4.69) is 0 Å². The number of alkyl halides is 3. The molecule has 2 N–H and O–H groups in total. The summed E-state index contributed by atoms with van der Waals surface area (Å²) in [7, 11) is 0. The Morgan fingerprint density at radius 1 is 1.31 bits per heavy atom. The Labute approximate surface area is 91.3 Å². The lowest BCUT2D eigenvalue weighted by atomic mass is 10.00. The summed E-state index contributed by atoms with van der Waals surface area (Å²) < 4.78 is 49.9. The third kappa shape index (κ3) is 3.20. The molecule has 1 rings (SSSR count). The molecular formula is C11H13F4N. The average Bonchev–Trinajstić information content (AvgIpc) is 2.15. The molecule has 1 nitrogen and oxygen atoms in total. The van der Waals surface area contributed by atoms with E-state index in [1.807, 2.05) is 6.92 Å². The van der Waals surface area contributed by atoms with E-state index in [0.29, 0.717) is 18.5 Å². The van der Waals surface area contributed by atoms with E-state index in [-0.39, 0.29) is 5.92 Å². The van der Waals surface area contributed by atoms with Crippen LogP contribution in [0.2, 0.25) is 0 Å². The average molecular weight is 235 g/mol. The van der Waals surface area contributed by atoms with Crippen molar-refractivity contribution < 1.29 is 17.6 Å². The summed E-state index contributed by atoms with van der Waals surface area (Å²) in [6.07, 6.45) is -4.16. The fourth-order valence-electron chi connectivity index (χ4n) is 1.40. The fraction of sp³-hybridized carbons (Fsp3) is 0.455. The van der Waals surface area contributed by atoms with E-state index in [1.54, 1.807) is 0 Å². The van der Waals surface area contributed by atoms with Crippen LogP contribution in [0.1, 0.15) is 18.1 Å². The SMILES string of the molecule is CC(CN)Cc1ccc(C(F)(F)F)c(F)c1. The normalized spacial score (nSPS) is 13.9. The number of nitrogens with two attached hydrogens (primary N) is 1. The van der Waals surface area contributed by atoms with Crippen LogP contribution in [0, 0.1) is 11.7 Å². The standard InChI is InChI=1S/C11H13F4N/c1-7(6-16)4-8-2-3-9(10(12)5-8)11(13,14)15/h2-3,5,7H,4,6,16H2,1H3. The minimum Gasteiger partial charge on any atom is -0.330 e. The lowest BCUT2D eigenvalue weighted by Gasteiger charge is -2.11. The van der Waals surface area contributed by atoms with Gasteiger partial charge in [0.15, 0.2) is 0 Å². The first kappa shape index (κ1) is 13.0. The number of hydrogen-bond donors (Lipinski definition) is 1. The van der Waals surface area contributed by atoms with Gasteiger partial charge in [0.05, 0.1) is 5.56 Å². The van der Waals surface area contributed by atoms with Crippen molar-refractivity contribution in [2.24, 2.45) is 11.7 Å². The molecule has 5 heteroatoms. The molecule has 1 aromatic rings. The molecule has 1 atom stereocenters. The first-order valence-electron chi connectivity index (χ1n) is 4.90. The van der Waals surface area contributed by atoms with Gasteiger partial charge in [-0.2, -0.15) is 13.2 Å². The van der Waals surface area contributed by atoms with E-state index in [0.717, 1.165) is 12.1 Å². The Balaban J connectivity index is 2.91. The Kier molecular flexibility index (Phi) is 3.91. The summed E-state index contributed by atoms with van der Waals surface area (Å²) in [5, 5.41) is 0. The topological polar surface area (TPSA) is 26.0 Å². The summed E-state index contributed by atoms with van der Waals surface area (Å²) in [6.45, 7) is 2.28. The van der Waals surface area contributed by atoms with Crippen molar-refractivity contribution in [3.8, 4) is 0 Å². The number of benzene rings is 1. The van der Waals surface area contributed by atoms with Gasteiger partial charge in [0.25, 0.3) is 0 Å². The quantitative estimate of drug-likeness (QED) is 0.801. The van der Waals surface area contributed by atoms with Crippen LogP contribution in [-0.4, -0.2) is 6.54 Å². The molecule has 1 aromatic carbocycles. The fourth-order valence-corrected chi connectivity index (χ4v) is 1.40. The van der Waals surface area contributed by atoms with Gasteiger partial charge in [0.1, 0.15) is 5.82 Å². The smallest absolute Gasteiger partial charge is 0.330 e. The molecule has 0 aliphatic rings. The van der Waals surface area contributed by atoms with Gasteiger partial charge in [-0.05, 0) is 36.6 Å². The molecule has 0 aromatic heterocycles. The first-order valence-corrected chi connectivity index (χ1v) is 4.90. The first-order chi connectivity index (χ1) is 7.34. The molecule has 0 heterocycles. The van der Waals surface area contributed by atoms with Crippen molar-refractivity contribution in [1.82, 2.24) is 0 Å². The maximum absolute atomic E-state index is 13.1. The molecule has 0 amide bonds. The Bertz CT molecular complexity index is 359. The minimum atomic E-state index is -4.64. The third-order valence-electron chi connectivity index (χ3n) is 2.33. The highest BCUT2D eigenvalue weighted by Crippen LogP contribution is 2.31. The van der Waals surface area contributed by atoms with Gasteiger partial charge in [0.2, 0.25) is 0 Å². The zero-order valence-corrected chi connectivity index (χ0v) is 8.81. The van der Waals surface area contributed by atoms with Crippen molar-refractivity contribution in [2.45, 2.75) is 19.5 Å². The van der Waals surface area contributed by atoms with Crippen LogP contribution in [0.5, 0.6) is 0 Å². The van der Waals surface area contributed by atoms with Crippen LogP contribution < -0.4 is 5.73 Å². The molecule has 16 heavy (non-hydrogen) atoms. The largest absolute Gasteiger partial charge is 0.419 e. The summed E-state index contributed by atoms with van der Waals surface area (Å²) in [5.74, 6) is -1.11. The summed E-state index contributed by atoms with van der Waals surface area (Å²) in [4.78, 5) is 0. The van der Waals surface area contributed by atoms with Gasteiger partial charge in [0, 0.05) is 0 Å². The van der Waals surface area contributed by atoms with Crippen molar-refractivity contribution in [1.29, 1.82) is 0 Å². The lowest BCUT2D eigenvalue weighted by Crippen LogP contribution is -2.14. The summed E-state index contributed by atoms with van der Waals surface area (Å²) >= 11 is 0. The second-order valence-corrected chi connectivity index (χ2v) is 3.86. The van der Waals surface area contributed by atoms with E-state index >= 15 is 0 Å². The minimum absolute atomic E-state index is 0.121. The van der Waals surface area contributed by atoms with Crippen molar-refractivity contribution >= 4 is 0 Å². The van der Waals surface area contributed by atoms with Crippen molar-refractivity contribution in [2.75, 3.05) is 6.54 Å². The molecule has 0 bridgehead atoms. The van der Waals surface area contributed by atoms with Crippen LogP contribution in [0.4, 0.5) is 17.6 Å². The van der Waals surface area contributed by atoms with Gasteiger partial charge in [-0.3, -0.25) is 0 Å². The molecule has 0 spiro atoms. The Morgan fingerprint density at radius 2 is 1.94 bits per heavy atom. The zero-order valence-electron chi connectivity index (χ0n) is 8.81. The van der Waals surface area contributed by atoms with Gasteiger partial charge in [-0.25, -0.2) is 4.39 Å². The van der Waals surface area contributed by atoms with Gasteiger partial charge in [-0.15, -0.1) is 0 Å². The number of halogens is 4. The maximum atomic E-state index is 13.1. The Hall–Kier alpha value is -1.10. The van der Waals surface area contributed by atoms with Crippen LogP contribution in [0.15, 0.2) is 18.2 Å². The van der Waals surface area contributed by atoms with Crippen LogP contribution in [-0.2, 0) is 12.6 Å². The highest BCUT2D eigenvalue weighted by atomic mass is 19.4. The van der Waals surface area contributed by atoms with Gasteiger partial charge < -0.3 is 5.73 Å². The molecule has 0 fully saturated rings. The van der Waals surface area contributed by atoms with E-state index in [4.69, 9.17) is 5.73 Å². The number of hydrogen-bond acceptors (Lipinski definition) is 1. The van der Waals surface area contributed by atoms with E-state index < -0.39 is 17.6 Å². The highest BCUT2D eigenvalue weighted by Gasteiger charge is 2.33. The molecule has 0 saturated carbocycles. The predicted molar refractivity (Wildman–Crippen MR) is 53.3 cm³/mol. The Morgan fingerprint density at radius 3 is 2.38 bits per heavy atom. The molecule has 0 aliphatic carbocycles. The van der Waals surface area contributed by atoms with E-state index in [9.17, 15) is 17.6 Å². The summed E-state index contributed by atoms with van der Waals surface area (Å²) in [5.41, 5.74) is 4.69. The number of rotatable bonds is 3. The third-order valence-corrected chi connectivity index (χ3v) is 2.33.